The molecule has 1 amide bonds. The zero-order chi connectivity index (χ0) is 13.2. The average molecular weight is 251 g/mol. The lowest BCUT2D eigenvalue weighted by Crippen LogP contribution is -2.19. The van der Waals surface area contributed by atoms with Crippen molar-refractivity contribution in [3.63, 3.8) is 0 Å². The van der Waals surface area contributed by atoms with Crippen molar-refractivity contribution in [2.75, 3.05) is 18.5 Å². The van der Waals surface area contributed by atoms with Crippen LogP contribution in [-0.4, -0.2) is 28.9 Å². The summed E-state index contributed by atoms with van der Waals surface area (Å²) in [7, 11) is 0. The Kier molecular flexibility index (Phi) is 3.71. The molecule has 0 radical (unpaired) electrons. The van der Waals surface area contributed by atoms with Gasteiger partial charge in [-0.2, -0.15) is 5.10 Å². The van der Waals surface area contributed by atoms with Crippen LogP contribution in [0.25, 0.3) is 0 Å². The molecule has 100 valence electrons. The van der Waals surface area contributed by atoms with Crippen molar-refractivity contribution in [2.45, 2.75) is 39.7 Å². The van der Waals surface area contributed by atoms with Gasteiger partial charge in [0.1, 0.15) is 0 Å². The highest BCUT2D eigenvalue weighted by Gasteiger charge is 2.19. The molecule has 1 fully saturated rings. The fourth-order valence-corrected chi connectivity index (χ4v) is 2.02. The van der Waals surface area contributed by atoms with Crippen LogP contribution in [0.4, 0.5) is 5.69 Å². The molecular formula is C13H21N3O2. The molecule has 0 aliphatic carbocycles. The zero-order valence-corrected chi connectivity index (χ0v) is 11.3. The largest absolute Gasteiger partial charge is 0.379 e. The zero-order valence-electron chi connectivity index (χ0n) is 11.3. The molecule has 1 aliphatic heterocycles. The first kappa shape index (κ1) is 13.1. The Labute approximate surface area is 108 Å². The number of nitrogens with one attached hydrogen (secondary N) is 1. The fraction of sp³-hybridized carbons (Fsp3) is 0.692. The molecule has 0 bridgehead atoms. The Bertz CT molecular complexity index is 414. The van der Waals surface area contributed by atoms with Crippen molar-refractivity contribution in [1.29, 1.82) is 0 Å². The molecule has 1 aromatic rings. The number of ether oxygens (including phenoxy) is 1. The smallest absolute Gasteiger partial charge is 0.224 e. The van der Waals surface area contributed by atoms with Gasteiger partial charge in [0.2, 0.25) is 5.91 Å². The minimum atomic E-state index is -0.000625. The van der Waals surface area contributed by atoms with Crippen LogP contribution in [-0.2, 0) is 9.53 Å². The molecular weight excluding hydrogens is 230 g/mol. The van der Waals surface area contributed by atoms with Gasteiger partial charge in [0, 0.05) is 19.2 Å². The van der Waals surface area contributed by atoms with E-state index >= 15 is 0 Å². The Morgan fingerprint density at radius 1 is 1.61 bits per heavy atom. The van der Waals surface area contributed by atoms with E-state index in [0.717, 1.165) is 18.7 Å². The maximum Gasteiger partial charge on any atom is 0.224 e. The number of anilines is 1. The van der Waals surface area contributed by atoms with Crippen LogP contribution in [0.2, 0.25) is 0 Å². The van der Waals surface area contributed by atoms with Crippen LogP contribution < -0.4 is 5.32 Å². The van der Waals surface area contributed by atoms with Crippen LogP contribution in [0, 0.1) is 5.41 Å². The molecule has 0 aromatic carbocycles. The molecule has 1 aromatic heterocycles. The van der Waals surface area contributed by atoms with E-state index in [9.17, 15) is 4.79 Å². The van der Waals surface area contributed by atoms with Crippen LogP contribution in [0.1, 0.15) is 39.7 Å². The second-order valence-electron chi connectivity index (χ2n) is 6.01. The molecule has 1 atom stereocenters. The third-order valence-electron chi connectivity index (χ3n) is 2.86. The Balaban J connectivity index is 1.92. The molecule has 5 nitrogen and oxygen atoms in total. The van der Waals surface area contributed by atoms with Crippen LogP contribution in [0.5, 0.6) is 0 Å². The van der Waals surface area contributed by atoms with Crippen LogP contribution in [0.15, 0.2) is 12.4 Å². The van der Waals surface area contributed by atoms with Crippen molar-refractivity contribution >= 4 is 11.6 Å². The number of carbonyl (C=O) groups is 1. The third kappa shape index (κ3) is 3.57. The standard InChI is InChI=1S/C13H21N3O2/c1-13(2,3)6-12(17)15-10-7-14-16(8-10)11-4-5-18-9-11/h7-8,11H,4-6,9H2,1-3H3,(H,15,17)/t11-/m0/s1. The summed E-state index contributed by atoms with van der Waals surface area (Å²) < 4.78 is 7.19. The second kappa shape index (κ2) is 5.10. The van der Waals surface area contributed by atoms with E-state index in [2.05, 4.69) is 10.4 Å². The van der Waals surface area contributed by atoms with Gasteiger partial charge in [0.05, 0.1) is 24.5 Å². The predicted octanol–water partition coefficient (Wildman–Crippen LogP) is 2.22. The molecule has 1 aliphatic rings. The summed E-state index contributed by atoms with van der Waals surface area (Å²) in [5.41, 5.74) is 0.760. The van der Waals surface area contributed by atoms with Gasteiger partial charge in [-0.25, -0.2) is 0 Å². The topological polar surface area (TPSA) is 56.2 Å². The SMILES string of the molecule is CC(C)(C)CC(=O)Nc1cnn([C@H]2CCOC2)c1. The maximum atomic E-state index is 11.8. The Morgan fingerprint density at radius 2 is 2.39 bits per heavy atom. The van der Waals surface area contributed by atoms with Gasteiger partial charge in [-0.15, -0.1) is 0 Å². The molecule has 1 N–H and O–H groups in total. The molecule has 1 saturated heterocycles. The molecule has 0 saturated carbocycles. The first-order valence-electron chi connectivity index (χ1n) is 6.36. The van der Waals surface area contributed by atoms with E-state index in [0.29, 0.717) is 19.1 Å². The first-order chi connectivity index (χ1) is 8.44. The Hall–Kier alpha value is -1.36. The number of amides is 1. The van der Waals surface area contributed by atoms with E-state index in [1.165, 1.54) is 0 Å². The number of nitrogens with zero attached hydrogens (tertiary/aromatic N) is 2. The number of hydrogen-bond acceptors (Lipinski definition) is 3. The van der Waals surface area contributed by atoms with Gasteiger partial charge in [-0.1, -0.05) is 20.8 Å². The molecule has 18 heavy (non-hydrogen) atoms. The van der Waals surface area contributed by atoms with E-state index in [4.69, 9.17) is 4.74 Å². The lowest BCUT2D eigenvalue weighted by molar-refractivity contribution is -0.117. The molecule has 0 unspecified atom stereocenters. The summed E-state index contributed by atoms with van der Waals surface area (Å²) >= 11 is 0. The van der Waals surface area contributed by atoms with Gasteiger partial charge < -0.3 is 10.1 Å². The summed E-state index contributed by atoms with van der Waals surface area (Å²) in [6.07, 6.45) is 5.06. The van der Waals surface area contributed by atoms with E-state index in [1.54, 1.807) is 6.20 Å². The fourth-order valence-electron chi connectivity index (χ4n) is 2.02. The van der Waals surface area contributed by atoms with Gasteiger partial charge in [-0.05, 0) is 11.8 Å². The molecule has 2 heterocycles. The summed E-state index contributed by atoms with van der Waals surface area (Å²) in [5, 5.41) is 7.15. The highest BCUT2D eigenvalue weighted by Crippen LogP contribution is 2.21. The summed E-state index contributed by atoms with van der Waals surface area (Å²) in [6.45, 7) is 7.64. The lowest BCUT2D eigenvalue weighted by atomic mass is 9.92. The quantitative estimate of drug-likeness (QED) is 0.896. The van der Waals surface area contributed by atoms with Gasteiger partial charge in [0.25, 0.3) is 0 Å². The molecule has 0 spiro atoms. The highest BCUT2D eigenvalue weighted by molar-refractivity contribution is 5.90. The summed E-state index contributed by atoms with van der Waals surface area (Å²) in [6, 6.07) is 0.304. The highest BCUT2D eigenvalue weighted by atomic mass is 16.5. The number of hydrogen-bond donors (Lipinski definition) is 1. The number of carbonyl (C=O) groups excluding carboxylic acids is 1. The minimum Gasteiger partial charge on any atom is -0.379 e. The van der Waals surface area contributed by atoms with Crippen molar-refractivity contribution < 1.29 is 9.53 Å². The van der Waals surface area contributed by atoms with Gasteiger partial charge >= 0.3 is 0 Å². The summed E-state index contributed by atoms with van der Waals surface area (Å²) in [5.74, 6) is 0.0321. The first-order valence-corrected chi connectivity index (χ1v) is 6.36. The maximum absolute atomic E-state index is 11.8. The molecule has 5 heteroatoms. The third-order valence-corrected chi connectivity index (χ3v) is 2.86. The normalized spacial score (nSPS) is 20.1. The minimum absolute atomic E-state index is 0.000625. The van der Waals surface area contributed by atoms with Crippen molar-refractivity contribution in [1.82, 2.24) is 9.78 Å². The van der Waals surface area contributed by atoms with E-state index in [1.807, 2.05) is 31.6 Å². The van der Waals surface area contributed by atoms with Crippen LogP contribution in [0.3, 0.4) is 0 Å². The van der Waals surface area contributed by atoms with Gasteiger partial charge in [-0.3, -0.25) is 9.48 Å². The lowest BCUT2D eigenvalue weighted by Gasteiger charge is -2.16. The van der Waals surface area contributed by atoms with Crippen LogP contribution >= 0.6 is 0 Å². The number of aromatic nitrogens is 2. The van der Waals surface area contributed by atoms with Crippen molar-refractivity contribution in [3.05, 3.63) is 12.4 Å². The van der Waals surface area contributed by atoms with Crippen molar-refractivity contribution in [2.24, 2.45) is 5.41 Å². The Morgan fingerprint density at radius 3 is 3.00 bits per heavy atom. The second-order valence-corrected chi connectivity index (χ2v) is 6.01. The average Bonchev–Trinajstić information content (AvgIpc) is 2.82. The monoisotopic (exact) mass is 251 g/mol. The predicted molar refractivity (Wildman–Crippen MR) is 69.4 cm³/mol. The number of rotatable bonds is 3. The summed E-state index contributed by atoms with van der Waals surface area (Å²) in [4.78, 5) is 11.8. The van der Waals surface area contributed by atoms with E-state index < -0.39 is 0 Å². The van der Waals surface area contributed by atoms with E-state index in [-0.39, 0.29) is 11.3 Å². The molecule has 2 rings (SSSR count). The van der Waals surface area contributed by atoms with Gasteiger partial charge in [0.15, 0.2) is 0 Å². The van der Waals surface area contributed by atoms with Crippen molar-refractivity contribution in [3.8, 4) is 0 Å².